The van der Waals surface area contributed by atoms with Crippen molar-refractivity contribution in [3.8, 4) is 0 Å². The van der Waals surface area contributed by atoms with Gasteiger partial charge in [-0.05, 0) is 31.2 Å². The number of ketones is 1. The monoisotopic (exact) mass is 224 g/mol. The normalized spacial score (nSPS) is 12.1. The van der Waals surface area contributed by atoms with Crippen molar-refractivity contribution in [3.63, 3.8) is 0 Å². The van der Waals surface area contributed by atoms with E-state index in [0.29, 0.717) is 17.2 Å². The van der Waals surface area contributed by atoms with Crippen molar-refractivity contribution in [3.05, 3.63) is 47.5 Å². The first kappa shape index (κ1) is 12.0. The Morgan fingerprint density at radius 3 is 2.67 bits per heavy atom. The Hall–Kier alpha value is -1.12. The summed E-state index contributed by atoms with van der Waals surface area (Å²) in [4.78, 5) is 11.8. The average Bonchev–Trinajstić information content (AvgIpc) is 2.26. The maximum atomic E-state index is 11.8. The number of halogens is 1. The minimum Gasteiger partial charge on any atom is -0.366 e. The van der Waals surface area contributed by atoms with Gasteiger partial charge >= 0.3 is 0 Å². The van der Waals surface area contributed by atoms with Gasteiger partial charge in [-0.25, -0.2) is 0 Å². The van der Waals surface area contributed by atoms with E-state index < -0.39 is 6.10 Å². The van der Waals surface area contributed by atoms with Gasteiger partial charge in [-0.2, -0.15) is 0 Å². The molecule has 2 nitrogen and oxygen atoms in total. The van der Waals surface area contributed by atoms with Crippen LogP contribution in [0.3, 0.4) is 0 Å². The van der Waals surface area contributed by atoms with E-state index in [4.69, 9.17) is 16.3 Å². The first-order valence-electron chi connectivity index (χ1n) is 4.67. The van der Waals surface area contributed by atoms with Gasteiger partial charge in [-0.1, -0.05) is 17.7 Å². The summed E-state index contributed by atoms with van der Waals surface area (Å²) < 4.78 is 5.24. The molecule has 0 bridgehead atoms. The van der Waals surface area contributed by atoms with Gasteiger partial charge in [0.25, 0.3) is 0 Å². The lowest BCUT2D eigenvalue weighted by Crippen LogP contribution is -2.20. The molecule has 0 spiro atoms. The summed E-state index contributed by atoms with van der Waals surface area (Å²) in [7, 11) is 0. The Morgan fingerprint density at radius 2 is 2.13 bits per heavy atom. The Morgan fingerprint density at radius 1 is 1.53 bits per heavy atom. The number of carbonyl (C=O) groups excluding carboxylic acids is 1. The SMILES string of the molecule is C=CCOC(C)C(=O)c1ccc(Cl)cc1. The van der Waals surface area contributed by atoms with Gasteiger partial charge in [-0.15, -0.1) is 6.58 Å². The van der Waals surface area contributed by atoms with Crippen LogP contribution in [0.2, 0.25) is 5.02 Å². The number of carbonyl (C=O) groups is 1. The maximum absolute atomic E-state index is 11.8. The zero-order chi connectivity index (χ0) is 11.3. The van der Waals surface area contributed by atoms with Crippen LogP contribution in [0.15, 0.2) is 36.9 Å². The van der Waals surface area contributed by atoms with Crippen LogP contribution in [0.4, 0.5) is 0 Å². The molecule has 0 aromatic heterocycles. The van der Waals surface area contributed by atoms with Gasteiger partial charge in [0.2, 0.25) is 0 Å². The molecule has 15 heavy (non-hydrogen) atoms. The predicted molar refractivity (Wildman–Crippen MR) is 61.4 cm³/mol. The Balaban J connectivity index is 2.67. The smallest absolute Gasteiger partial charge is 0.191 e. The number of hydrogen-bond acceptors (Lipinski definition) is 2. The fourth-order valence-electron chi connectivity index (χ4n) is 1.14. The van der Waals surface area contributed by atoms with E-state index in [1.165, 1.54) is 0 Å². The lowest BCUT2D eigenvalue weighted by atomic mass is 10.1. The third-order valence-electron chi connectivity index (χ3n) is 1.96. The molecule has 1 aromatic rings. The molecule has 1 unspecified atom stereocenters. The lowest BCUT2D eigenvalue weighted by molar-refractivity contribution is 0.0566. The summed E-state index contributed by atoms with van der Waals surface area (Å²) in [6.07, 6.45) is 1.16. The Bertz CT molecular complexity index is 343. The molecule has 0 fully saturated rings. The summed E-state index contributed by atoms with van der Waals surface area (Å²) in [5.74, 6) is -0.0477. The molecular weight excluding hydrogens is 212 g/mol. The number of Topliss-reactive ketones (excluding diaryl/α,β-unsaturated/α-hetero) is 1. The molecule has 1 rings (SSSR count). The van der Waals surface area contributed by atoms with Crippen molar-refractivity contribution in [1.82, 2.24) is 0 Å². The van der Waals surface area contributed by atoms with Crippen LogP contribution < -0.4 is 0 Å². The van der Waals surface area contributed by atoms with Crippen molar-refractivity contribution in [1.29, 1.82) is 0 Å². The Labute approximate surface area is 94.5 Å². The second-order valence-corrected chi connectivity index (χ2v) is 3.57. The van der Waals surface area contributed by atoms with E-state index in [0.717, 1.165) is 0 Å². The number of ether oxygens (including phenoxy) is 1. The van der Waals surface area contributed by atoms with E-state index in [1.807, 2.05) is 0 Å². The highest BCUT2D eigenvalue weighted by molar-refractivity contribution is 6.30. The third kappa shape index (κ3) is 3.50. The quantitative estimate of drug-likeness (QED) is 0.568. The molecule has 1 atom stereocenters. The molecule has 80 valence electrons. The molecule has 0 amide bonds. The van der Waals surface area contributed by atoms with E-state index in [9.17, 15) is 4.79 Å². The molecular formula is C12H13ClO2. The van der Waals surface area contributed by atoms with Crippen LogP contribution in [0.5, 0.6) is 0 Å². The average molecular weight is 225 g/mol. The summed E-state index contributed by atoms with van der Waals surface area (Å²) in [5, 5.41) is 0.617. The third-order valence-corrected chi connectivity index (χ3v) is 2.21. The van der Waals surface area contributed by atoms with Crippen LogP contribution in [0.25, 0.3) is 0 Å². The van der Waals surface area contributed by atoms with Crippen LogP contribution in [-0.4, -0.2) is 18.5 Å². The van der Waals surface area contributed by atoms with E-state index in [-0.39, 0.29) is 5.78 Å². The van der Waals surface area contributed by atoms with Crippen LogP contribution in [-0.2, 0) is 4.74 Å². The molecule has 0 aliphatic rings. The molecule has 1 aromatic carbocycles. The summed E-state index contributed by atoms with van der Waals surface area (Å²) in [5.41, 5.74) is 0.607. The first-order valence-corrected chi connectivity index (χ1v) is 5.05. The minimum atomic E-state index is -0.454. The van der Waals surface area contributed by atoms with Crippen molar-refractivity contribution in [2.24, 2.45) is 0 Å². The van der Waals surface area contributed by atoms with Gasteiger partial charge in [-0.3, -0.25) is 4.79 Å². The van der Waals surface area contributed by atoms with Crippen LogP contribution in [0, 0.1) is 0 Å². The Kier molecular flexibility index (Phi) is 4.53. The highest BCUT2D eigenvalue weighted by Gasteiger charge is 2.14. The maximum Gasteiger partial charge on any atom is 0.191 e. The topological polar surface area (TPSA) is 26.3 Å². The number of rotatable bonds is 5. The highest BCUT2D eigenvalue weighted by Crippen LogP contribution is 2.12. The van der Waals surface area contributed by atoms with Gasteiger partial charge in [0.1, 0.15) is 6.10 Å². The highest BCUT2D eigenvalue weighted by atomic mass is 35.5. The van der Waals surface area contributed by atoms with Crippen molar-refractivity contribution in [2.75, 3.05) is 6.61 Å². The zero-order valence-corrected chi connectivity index (χ0v) is 9.33. The molecule has 0 aliphatic heterocycles. The molecule has 0 N–H and O–H groups in total. The molecule has 0 radical (unpaired) electrons. The van der Waals surface area contributed by atoms with E-state index >= 15 is 0 Å². The minimum absolute atomic E-state index is 0.0477. The molecule has 0 heterocycles. The summed E-state index contributed by atoms with van der Waals surface area (Å²) in [6.45, 7) is 5.62. The molecule has 0 saturated heterocycles. The summed E-state index contributed by atoms with van der Waals surface area (Å²) in [6, 6.07) is 6.76. The second-order valence-electron chi connectivity index (χ2n) is 3.14. The molecule has 0 saturated carbocycles. The molecule has 0 aliphatic carbocycles. The lowest BCUT2D eigenvalue weighted by Gasteiger charge is -2.10. The van der Waals surface area contributed by atoms with Crippen LogP contribution >= 0.6 is 11.6 Å². The first-order chi connectivity index (χ1) is 7.15. The van der Waals surface area contributed by atoms with E-state index in [2.05, 4.69) is 6.58 Å². The second kappa shape index (κ2) is 5.69. The zero-order valence-electron chi connectivity index (χ0n) is 8.57. The van der Waals surface area contributed by atoms with Crippen molar-refractivity contribution in [2.45, 2.75) is 13.0 Å². The summed E-state index contributed by atoms with van der Waals surface area (Å²) >= 11 is 5.72. The van der Waals surface area contributed by atoms with Crippen molar-refractivity contribution < 1.29 is 9.53 Å². The standard InChI is InChI=1S/C12H13ClO2/c1-3-8-15-9(2)12(14)10-4-6-11(13)7-5-10/h3-7,9H,1,8H2,2H3. The molecule has 3 heteroatoms. The predicted octanol–water partition coefficient (Wildman–Crippen LogP) is 3.11. The largest absolute Gasteiger partial charge is 0.366 e. The number of benzene rings is 1. The van der Waals surface area contributed by atoms with Gasteiger partial charge in [0, 0.05) is 10.6 Å². The van der Waals surface area contributed by atoms with Gasteiger partial charge in [0.05, 0.1) is 6.61 Å². The number of hydrogen-bond donors (Lipinski definition) is 0. The van der Waals surface area contributed by atoms with Gasteiger partial charge < -0.3 is 4.74 Å². The fourth-order valence-corrected chi connectivity index (χ4v) is 1.26. The van der Waals surface area contributed by atoms with Crippen LogP contribution in [0.1, 0.15) is 17.3 Å². The fraction of sp³-hybridized carbons (Fsp3) is 0.250. The van der Waals surface area contributed by atoms with Gasteiger partial charge in [0.15, 0.2) is 5.78 Å². The van der Waals surface area contributed by atoms with Crippen molar-refractivity contribution >= 4 is 17.4 Å². The van der Waals surface area contributed by atoms with E-state index in [1.54, 1.807) is 37.3 Å².